The average Bonchev–Trinajstić information content (AvgIpc) is 3.04. The molecule has 3 fully saturated rings. The Morgan fingerprint density at radius 3 is 2.29 bits per heavy atom. The molecule has 1 saturated carbocycles. The minimum atomic E-state index is -0.150. The third kappa shape index (κ3) is 7.83. The van der Waals surface area contributed by atoms with Crippen LogP contribution in [0.4, 0.5) is 5.69 Å². The van der Waals surface area contributed by atoms with Crippen molar-refractivity contribution in [3.63, 3.8) is 0 Å². The zero-order valence-corrected chi connectivity index (χ0v) is 28.1. The van der Waals surface area contributed by atoms with Gasteiger partial charge in [-0.05, 0) is 94.2 Å². The van der Waals surface area contributed by atoms with Crippen LogP contribution in [0.3, 0.4) is 0 Å². The normalized spacial score (nSPS) is 23.0. The fourth-order valence-electron chi connectivity index (χ4n) is 8.39. The van der Waals surface area contributed by atoms with E-state index in [0.29, 0.717) is 17.2 Å². The summed E-state index contributed by atoms with van der Waals surface area (Å²) in [6, 6.07) is 6.91. The lowest BCUT2D eigenvalue weighted by Crippen LogP contribution is -2.58. The number of ether oxygens (including phenoxy) is 1. The molecule has 1 aromatic heterocycles. The van der Waals surface area contributed by atoms with Crippen molar-refractivity contribution in [2.75, 3.05) is 31.8 Å². The van der Waals surface area contributed by atoms with E-state index in [1.807, 2.05) is 19.9 Å². The van der Waals surface area contributed by atoms with Crippen LogP contribution in [0.25, 0.3) is 0 Å². The third-order valence-corrected chi connectivity index (χ3v) is 11.0. The maximum atomic E-state index is 14.1. The minimum absolute atomic E-state index is 0.104. The first-order chi connectivity index (χ1) is 21.7. The zero-order chi connectivity index (χ0) is 32.0. The van der Waals surface area contributed by atoms with Crippen molar-refractivity contribution in [2.45, 2.75) is 134 Å². The second-order valence-electron chi connectivity index (χ2n) is 14.1. The van der Waals surface area contributed by atoms with E-state index in [1.165, 1.54) is 50.5 Å². The number of rotatable bonds is 7. The Bertz CT molecular complexity index is 1350. The molecule has 3 aliphatic rings. The van der Waals surface area contributed by atoms with Gasteiger partial charge >= 0.3 is 0 Å². The van der Waals surface area contributed by atoms with Crippen LogP contribution in [0.5, 0.6) is 0 Å². The summed E-state index contributed by atoms with van der Waals surface area (Å²) >= 11 is 0. The Labute approximate surface area is 269 Å². The summed E-state index contributed by atoms with van der Waals surface area (Å²) in [5, 5.41) is 17.4. The molecule has 8 heteroatoms. The molecule has 8 nitrogen and oxygen atoms in total. The largest absolute Gasteiger partial charge is 0.395 e. The summed E-state index contributed by atoms with van der Waals surface area (Å²) in [7, 11) is 2.17. The zero-order valence-electron chi connectivity index (χ0n) is 28.1. The number of anilines is 1. The highest BCUT2D eigenvalue weighted by Gasteiger charge is 2.44. The summed E-state index contributed by atoms with van der Waals surface area (Å²) < 4.78 is 5.69. The number of hydrogen-bond acceptors (Lipinski definition) is 6. The Balaban J connectivity index is 1.54. The fourth-order valence-corrected chi connectivity index (χ4v) is 8.39. The van der Waals surface area contributed by atoms with Crippen LogP contribution < -0.4 is 21.1 Å². The number of hydrogen-bond donors (Lipinski definition) is 4. The monoisotopic (exact) mass is 620 g/mol. The number of pyridine rings is 1. The number of aliphatic hydroxyl groups excluding tert-OH is 1. The Kier molecular flexibility index (Phi) is 11.4. The van der Waals surface area contributed by atoms with Gasteiger partial charge in [0.25, 0.3) is 11.5 Å². The lowest BCUT2D eigenvalue weighted by molar-refractivity contribution is 0.0854. The van der Waals surface area contributed by atoms with E-state index in [2.05, 4.69) is 46.6 Å². The quantitative estimate of drug-likeness (QED) is 0.306. The van der Waals surface area contributed by atoms with Crippen molar-refractivity contribution in [2.24, 2.45) is 0 Å². The van der Waals surface area contributed by atoms with Crippen LogP contribution >= 0.6 is 0 Å². The number of amides is 1. The van der Waals surface area contributed by atoms with Crippen LogP contribution in [-0.2, 0) is 11.3 Å². The predicted octanol–water partition coefficient (Wildman–Crippen LogP) is 5.94. The van der Waals surface area contributed by atoms with E-state index < -0.39 is 0 Å². The van der Waals surface area contributed by atoms with Gasteiger partial charge in [-0.1, -0.05) is 44.9 Å². The number of aryl methyl sites for hydroxylation is 2. The molecule has 1 spiro atoms. The number of carbonyl (C=O) groups excluding carboxylic acids is 1. The lowest BCUT2D eigenvalue weighted by atomic mass is 9.67. The van der Waals surface area contributed by atoms with Crippen LogP contribution in [0.2, 0.25) is 0 Å². The molecule has 45 heavy (non-hydrogen) atoms. The highest BCUT2D eigenvalue weighted by Crippen LogP contribution is 2.46. The number of aliphatic hydroxyl groups is 1. The molecule has 1 aromatic carbocycles. The van der Waals surface area contributed by atoms with Gasteiger partial charge in [0, 0.05) is 72.9 Å². The lowest BCUT2D eigenvalue weighted by Gasteiger charge is -2.49. The average molecular weight is 621 g/mol. The van der Waals surface area contributed by atoms with Crippen molar-refractivity contribution in [1.82, 2.24) is 15.6 Å². The van der Waals surface area contributed by atoms with Gasteiger partial charge in [0.15, 0.2) is 0 Å². The molecule has 0 radical (unpaired) electrons. The number of benzene rings is 1. The number of carbonyl (C=O) groups is 1. The topological polar surface area (TPSA) is 107 Å². The van der Waals surface area contributed by atoms with E-state index in [1.54, 1.807) is 0 Å². The number of H-pyrrole nitrogens is 1. The van der Waals surface area contributed by atoms with Gasteiger partial charge in [-0.25, -0.2) is 0 Å². The smallest absolute Gasteiger partial charge is 0.253 e. The molecule has 3 heterocycles. The number of piperidine rings is 1. The molecule has 4 N–H and O–H groups in total. The van der Waals surface area contributed by atoms with Crippen LogP contribution in [-0.4, -0.2) is 60.5 Å². The van der Waals surface area contributed by atoms with Crippen molar-refractivity contribution in [3.8, 4) is 0 Å². The van der Waals surface area contributed by atoms with Gasteiger partial charge in [-0.2, -0.15) is 0 Å². The summed E-state index contributed by atoms with van der Waals surface area (Å²) in [6.45, 7) is 7.71. The summed E-state index contributed by atoms with van der Waals surface area (Å²) in [5.41, 5.74) is 6.00. The first kappa shape index (κ1) is 33.7. The van der Waals surface area contributed by atoms with Crippen molar-refractivity contribution >= 4 is 11.6 Å². The summed E-state index contributed by atoms with van der Waals surface area (Å²) in [6.07, 6.45) is 14.8. The van der Waals surface area contributed by atoms with Gasteiger partial charge in [0.1, 0.15) is 0 Å². The second-order valence-corrected chi connectivity index (χ2v) is 14.1. The summed E-state index contributed by atoms with van der Waals surface area (Å²) in [5.74, 6) is 0.100. The molecule has 2 aromatic rings. The molecular weight excluding hydrogens is 564 g/mol. The standard InChI is InChI=1S/C37H56N4O4/c1-25-20-26(2)39-36(44)32(25)23-38-35(43)31-21-28(22-34(27(31)3)41(4)30-14-18-45-19-15-30)33-13-12-29(24-42)40-37(33)16-10-8-6-5-7-9-11-17-37/h20-22,29-30,33,40,42H,5-19,23-24H2,1-4H3,(H,38,43)(H,39,44). The number of nitrogens with one attached hydrogen (secondary N) is 3. The first-order valence-electron chi connectivity index (χ1n) is 17.5. The highest BCUT2D eigenvalue weighted by atomic mass is 16.5. The fraction of sp³-hybridized carbons (Fsp3) is 0.676. The predicted molar refractivity (Wildman–Crippen MR) is 181 cm³/mol. The summed E-state index contributed by atoms with van der Waals surface area (Å²) in [4.78, 5) is 32.0. The SMILES string of the molecule is Cc1cc(C)c(CNC(=O)c2cc(C3CCC(CO)NC34CCCCCCCCC4)cc(N(C)C3CCOCC3)c2C)c(=O)[nH]1. The molecule has 2 unspecified atom stereocenters. The van der Waals surface area contributed by atoms with Crippen LogP contribution in [0.1, 0.15) is 128 Å². The van der Waals surface area contributed by atoms with Gasteiger partial charge in [0.2, 0.25) is 0 Å². The van der Waals surface area contributed by atoms with E-state index in [0.717, 1.165) is 74.2 Å². The molecule has 5 rings (SSSR count). The molecule has 1 aliphatic carbocycles. The molecule has 2 saturated heterocycles. The molecule has 1 amide bonds. The van der Waals surface area contributed by atoms with E-state index >= 15 is 0 Å². The van der Waals surface area contributed by atoms with Gasteiger partial charge in [-0.15, -0.1) is 0 Å². The Morgan fingerprint density at radius 2 is 1.64 bits per heavy atom. The van der Waals surface area contributed by atoms with Gasteiger partial charge < -0.3 is 30.4 Å². The molecule has 248 valence electrons. The molecule has 0 bridgehead atoms. The Hall–Kier alpha value is -2.68. The second kappa shape index (κ2) is 15.3. The maximum Gasteiger partial charge on any atom is 0.253 e. The maximum absolute atomic E-state index is 14.1. The minimum Gasteiger partial charge on any atom is -0.395 e. The van der Waals surface area contributed by atoms with Crippen molar-refractivity contribution in [1.29, 1.82) is 0 Å². The first-order valence-corrected chi connectivity index (χ1v) is 17.5. The number of aromatic nitrogens is 1. The van der Waals surface area contributed by atoms with E-state index in [4.69, 9.17) is 4.74 Å². The third-order valence-electron chi connectivity index (χ3n) is 11.0. The van der Waals surface area contributed by atoms with Crippen LogP contribution in [0, 0.1) is 20.8 Å². The molecular formula is C37H56N4O4. The Morgan fingerprint density at radius 1 is 0.978 bits per heavy atom. The van der Waals surface area contributed by atoms with E-state index in [-0.39, 0.29) is 42.1 Å². The van der Waals surface area contributed by atoms with Gasteiger partial charge in [0.05, 0.1) is 6.61 Å². The van der Waals surface area contributed by atoms with Crippen molar-refractivity contribution in [3.05, 3.63) is 62.1 Å². The van der Waals surface area contributed by atoms with Crippen molar-refractivity contribution < 1.29 is 14.6 Å². The number of nitrogens with zero attached hydrogens (tertiary/aromatic N) is 1. The van der Waals surface area contributed by atoms with Crippen LogP contribution in [0.15, 0.2) is 23.0 Å². The number of aromatic amines is 1. The van der Waals surface area contributed by atoms with Gasteiger partial charge in [-0.3, -0.25) is 9.59 Å². The molecule has 2 atom stereocenters. The molecule has 2 aliphatic heterocycles. The highest BCUT2D eigenvalue weighted by molar-refractivity contribution is 5.97. The van der Waals surface area contributed by atoms with E-state index in [9.17, 15) is 14.7 Å².